The van der Waals surface area contributed by atoms with Gasteiger partial charge in [0.15, 0.2) is 0 Å². The summed E-state index contributed by atoms with van der Waals surface area (Å²) in [6, 6.07) is 12.8. The van der Waals surface area contributed by atoms with Gasteiger partial charge in [-0.3, -0.25) is 9.59 Å². The molecular formula is C19H21N3O5S. The predicted octanol–water partition coefficient (Wildman–Crippen LogP) is 1.50. The molecule has 2 aromatic rings. The molecule has 0 bridgehead atoms. The van der Waals surface area contributed by atoms with E-state index < -0.39 is 10.0 Å². The second-order valence-electron chi connectivity index (χ2n) is 5.77. The second kappa shape index (κ2) is 9.67. The quantitative estimate of drug-likeness (QED) is 0.576. The third-order valence-electron chi connectivity index (χ3n) is 3.64. The molecule has 8 nitrogen and oxygen atoms in total. The molecule has 0 atom stereocenters. The molecule has 0 heterocycles. The number of ether oxygens (including phenoxy) is 1. The SMILES string of the molecule is COc1ccc(/C=C/C(=O)NCCC(=O)Nc2cccc(S(N)(=O)=O)c2)cc1. The monoisotopic (exact) mass is 403 g/mol. The summed E-state index contributed by atoms with van der Waals surface area (Å²) in [6.07, 6.45) is 3.05. The average Bonchev–Trinajstić information content (AvgIpc) is 2.66. The molecule has 0 aliphatic rings. The maximum absolute atomic E-state index is 11.9. The van der Waals surface area contributed by atoms with E-state index in [4.69, 9.17) is 9.88 Å². The highest BCUT2D eigenvalue weighted by Crippen LogP contribution is 2.14. The highest BCUT2D eigenvalue weighted by Gasteiger charge is 2.09. The van der Waals surface area contributed by atoms with Gasteiger partial charge >= 0.3 is 0 Å². The topological polar surface area (TPSA) is 128 Å². The summed E-state index contributed by atoms with van der Waals surface area (Å²) in [5.41, 5.74) is 1.14. The molecule has 9 heteroatoms. The van der Waals surface area contributed by atoms with E-state index >= 15 is 0 Å². The van der Waals surface area contributed by atoms with Crippen LogP contribution in [0.25, 0.3) is 6.08 Å². The molecule has 28 heavy (non-hydrogen) atoms. The van der Waals surface area contributed by atoms with Crippen LogP contribution in [0.3, 0.4) is 0 Å². The van der Waals surface area contributed by atoms with Crippen molar-refractivity contribution >= 4 is 33.6 Å². The molecule has 0 aliphatic carbocycles. The van der Waals surface area contributed by atoms with Crippen molar-refractivity contribution in [2.75, 3.05) is 19.0 Å². The van der Waals surface area contributed by atoms with Crippen molar-refractivity contribution in [2.45, 2.75) is 11.3 Å². The molecule has 0 spiro atoms. The fourth-order valence-corrected chi connectivity index (χ4v) is 2.78. The number of nitrogens with two attached hydrogens (primary N) is 1. The first-order chi connectivity index (χ1) is 13.3. The van der Waals surface area contributed by atoms with Gasteiger partial charge < -0.3 is 15.4 Å². The fourth-order valence-electron chi connectivity index (χ4n) is 2.22. The minimum atomic E-state index is -3.85. The summed E-state index contributed by atoms with van der Waals surface area (Å²) in [4.78, 5) is 23.6. The number of rotatable bonds is 8. The van der Waals surface area contributed by atoms with Crippen molar-refractivity contribution in [2.24, 2.45) is 5.14 Å². The Morgan fingerprint density at radius 2 is 1.86 bits per heavy atom. The van der Waals surface area contributed by atoms with Gasteiger partial charge in [0.25, 0.3) is 0 Å². The van der Waals surface area contributed by atoms with Crippen molar-refractivity contribution in [1.29, 1.82) is 0 Å². The van der Waals surface area contributed by atoms with Gasteiger partial charge in [-0.25, -0.2) is 13.6 Å². The number of carbonyl (C=O) groups excluding carboxylic acids is 2. The van der Waals surface area contributed by atoms with E-state index in [2.05, 4.69) is 10.6 Å². The molecule has 0 saturated heterocycles. The van der Waals surface area contributed by atoms with Crippen LogP contribution in [0.1, 0.15) is 12.0 Å². The van der Waals surface area contributed by atoms with Gasteiger partial charge in [-0.15, -0.1) is 0 Å². The first-order valence-electron chi connectivity index (χ1n) is 8.30. The Kier molecular flexibility index (Phi) is 7.30. The smallest absolute Gasteiger partial charge is 0.244 e. The van der Waals surface area contributed by atoms with E-state index in [9.17, 15) is 18.0 Å². The molecule has 0 aliphatic heterocycles. The number of anilines is 1. The van der Waals surface area contributed by atoms with Gasteiger partial charge in [-0.05, 0) is 42.0 Å². The predicted molar refractivity (Wildman–Crippen MR) is 106 cm³/mol. The van der Waals surface area contributed by atoms with Crippen molar-refractivity contribution in [1.82, 2.24) is 5.32 Å². The van der Waals surface area contributed by atoms with Crippen LogP contribution >= 0.6 is 0 Å². The average molecular weight is 403 g/mol. The highest BCUT2D eigenvalue weighted by atomic mass is 32.2. The summed E-state index contributed by atoms with van der Waals surface area (Å²) in [5, 5.41) is 10.2. The molecule has 2 rings (SSSR count). The van der Waals surface area contributed by atoms with Gasteiger partial charge in [0, 0.05) is 24.7 Å². The number of hydrogen-bond donors (Lipinski definition) is 3. The normalized spacial score (nSPS) is 11.2. The van der Waals surface area contributed by atoms with Crippen LogP contribution in [0.4, 0.5) is 5.69 Å². The largest absolute Gasteiger partial charge is 0.497 e. The van der Waals surface area contributed by atoms with Gasteiger partial charge in [-0.2, -0.15) is 0 Å². The Morgan fingerprint density at radius 3 is 2.50 bits per heavy atom. The Morgan fingerprint density at radius 1 is 1.14 bits per heavy atom. The lowest BCUT2D eigenvalue weighted by Gasteiger charge is -2.07. The van der Waals surface area contributed by atoms with Crippen molar-refractivity contribution in [3.63, 3.8) is 0 Å². The lowest BCUT2D eigenvalue weighted by Crippen LogP contribution is -2.26. The van der Waals surface area contributed by atoms with Crippen LogP contribution in [-0.2, 0) is 19.6 Å². The minimum absolute atomic E-state index is 0.0295. The zero-order chi connectivity index (χ0) is 20.6. The third-order valence-corrected chi connectivity index (χ3v) is 4.55. The molecule has 2 amide bonds. The summed E-state index contributed by atoms with van der Waals surface area (Å²) in [6.45, 7) is 0.131. The van der Waals surface area contributed by atoms with E-state index in [1.54, 1.807) is 31.4 Å². The van der Waals surface area contributed by atoms with E-state index in [0.29, 0.717) is 5.69 Å². The zero-order valence-electron chi connectivity index (χ0n) is 15.2. The molecular weight excluding hydrogens is 382 g/mol. The number of sulfonamides is 1. The van der Waals surface area contributed by atoms with E-state index in [1.165, 1.54) is 24.3 Å². The first-order valence-corrected chi connectivity index (χ1v) is 9.85. The summed E-state index contributed by atoms with van der Waals surface area (Å²) < 4.78 is 27.7. The maximum atomic E-state index is 11.9. The molecule has 0 saturated carbocycles. The standard InChI is InChI=1S/C19H21N3O5S/c1-27-16-8-5-14(6-9-16)7-10-18(23)21-12-11-19(24)22-15-3-2-4-17(13-15)28(20,25)26/h2-10,13H,11-12H2,1H3,(H,21,23)(H,22,24)(H2,20,25,26)/b10-7+. The Bertz CT molecular complexity index is 969. The minimum Gasteiger partial charge on any atom is -0.497 e. The van der Waals surface area contributed by atoms with E-state index in [1.807, 2.05) is 12.1 Å². The molecule has 2 aromatic carbocycles. The Hall–Kier alpha value is -3.17. The van der Waals surface area contributed by atoms with Gasteiger partial charge in [0.1, 0.15) is 5.75 Å². The molecule has 0 unspecified atom stereocenters. The number of benzene rings is 2. The number of hydrogen-bond acceptors (Lipinski definition) is 5. The molecule has 0 fully saturated rings. The number of nitrogens with one attached hydrogen (secondary N) is 2. The van der Waals surface area contributed by atoms with Gasteiger partial charge in [-0.1, -0.05) is 18.2 Å². The fraction of sp³-hybridized carbons (Fsp3) is 0.158. The van der Waals surface area contributed by atoms with E-state index in [0.717, 1.165) is 11.3 Å². The second-order valence-corrected chi connectivity index (χ2v) is 7.33. The maximum Gasteiger partial charge on any atom is 0.244 e. The summed E-state index contributed by atoms with van der Waals surface area (Å²) in [7, 11) is -2.27. The Labute approximate surface area is 163 Å². The summed E-state index contributed by atoms with van der Waals surface area (Å²) >= 11 is 0. The zero-order valence-corrected chi connectivity index (χ0v) is 16.0. The van der Waals surface area contributed by atoms with Crippen LogP contribution in [0.15, 0.2) is 59.5 Å². The summed E-state index contributed by atoms with van der Waals surface area (Å²) in [5.74, 6) is 0.0213. The van der Waals surface area contributed by atoms with E-state index in [-0.39, 0.29) is 29.7 Å². The first kappa shape index (κ1) is 21.1. The van der Waals surface area contributed by atoms with Crippen LogP contribution in [0.2, 0.25) is 0 Å². The number of methoxy groups -OCH3 is 1. The Balaban J connectivity index is 1.78. The van der Waals surface area contributed by atoms with Crippen molar-refractivity contribution in [3.8, 4) is 5.75 Å². The van der Waals surface area contributed by atoms with Crippen molar-refractivity contribution < 1.29 is 22.7 Å². The number of carbonyl (C=O) groups is 2. The molecule has 0 radical (unpaired) electrons. The third kappa shape index (κ3) is 6.86. The van der Waals surface area contributed by atoms with Crippen LogP contribution in [0.5, 0.6) is 5.75 Å². The lowest BCUT2D eigenvalue weighted by molar-refractivity contribution is -0.117. The van der Waals surface area contributed by atoms with Crippen LogP contribution in [0, 0.1) is 0 Å². The van der Waals surface area contributed by atoms with Crippen molar-refractivity contribution in [3.05, 3.63) is 60.2 Å². The van der Waals surface area contributed by atoms with Gasteiger partial charge in [0.05, 0.1) is 12.0 Å². The lowest BCUT2D eigenvalue weighted by atomic mass is 10.2. The number of primary sulfonamides is 1. The van der Waals surface area contributed by atoms with Crippen LogP contribution < -0.4 is 20.5 Å². The highest BCUT2D eigenvalue weighted by molar-refractivity contribution is 7.89. The number of amides is 2. The molecule has 4 N–H and O–H groups in total. The molecule has 0 aromatic heterocycles. The van der Waals surface area contributed by atoms with Gasteiger partial charge in [0.2, 0.25) is 21.8 Å². The molecule has 148 valence electrons. The van der Waals surface area contributed by atoms with Crippen LogP contribution in [-0.4, -0.2) is 33.9 Å².